The normalized spacial score (nSPS) is 13.5. The molecule has 0 saturated carbocycles. The van der Waals surface area contributed by atoms with E-state index in [9.17, 15) is 0 Å². The molecule has 1 aliphatic heterocycles. The second-order valence-corrected chi connectivity index (χ2v) is 19.3. The molecule has 0 fully saturated rings. The van der Waals surface area contributed by atoms with Gasteiger partial charge in [0.2, 0.25) is 0 Å². The number of ether oxygens (including phenoxy) is 1. The molecule has 11 rings (SSSR count). The molecule has 0 saturated heterocycles. The Hall–Kier alpha value is -7.16. The first-order valence-electron chi connectivity index (χ1n) is 22.3. The van der Waals surface area contributed by atoms with Gasteiger partial charge in [-0.3, -0.25) is 0 Å². The monoisotopic (exact) mass is 813 g/mol. The van der Waals surface area contributed by atoms with E-state index in [1.54, 1.807) is 0 Å². The summed E-state index contributed by atoms with van der Waals surface area (Å²) in [6.07, 6.45) is 0. The average Bonchev–Trinajstić information content (AvgIpc) is 3.59. The Labute approximate surface area is 372 Å². The van der Waals surface area contributed by atoms with Crippen LogP contribution in [0.3, 0.4) is 0 Å². The van der Waals surface area contributed by atoms with Crippen molar-refractivity contribution >= 4 is 27.8 Å². The SMILES string of the molecule is CC(C)(C)c1ccc2c(c1)C1(c3ccccc3Oc3c(-c4ccccc4N(c4ccc(-c5ccccc5)cc4)c4cccc5ccccc45)cccc31)c1cc(C(C)(C)C)ccc1-2. The van der Waals surface area contributed by atoms with E-state index in [2.05, 4.69) is 247 Å². The Morgan fingerprint density at radius 3 is 1.65 bits per heavy atom. The van der Waals surface area contributed by atoms with Crippen LogP contribution in [0.15, 0.2) is 200 Å². The zero-order chi connectivity index (χ0) is 43.1. The Bertz CT molecular complexity index is 3150. The van der Waals surface area contributed by atoms with Crippen molar-refractivity contribution in [1.82, 2.24) is 0 Å². The maximum atomic E-state index is 7.34. The van der Waals surface area contributed by atoms with Gasteiger partial charge in [0.05, 0.1) is 16.8 Å². The largest absolute Gasteiger partial charge is 0.456 e. The van der Waals surface area contributed by atoms with Crippen LogP contribution in [0.1, 0.15) is 74.9 Å². The summed E-state index contributed by atoms with van der Waals surface area (Å²) in [4.78, 5) is 2.43. The topological polar surface area (TPSA) is 12.5 Å². The number of anilines is 3. The Balaban J connectivity index is 1.19. The summed E-state index contributed by atoms with van der Waals surface area (Å²) < 4.78 is 7.34. The fourth-order valence-electron chi connectivity index (χ4n) is 10.3. The number of rotatable bonds is 5. The van der Waals surface area contributed by atoms with Crippen LogP contribution >= 0.6 is 0 Å². The fraction of sp³-hybridized carbons (Fsp3) is 0.148. The molecule has 0 N–H and O–H groups in total. The summed E-state index contributed by atoms with van der Waals surface area (Å²) in [5, 5.41) is 2.38. The van der Waals surface area contributed by atoms with Crippen molar-refractivity contribution in [3.05, 3.63) is 234 Å². The van der Waals surface area contributed by atoms with Gasteiger partial charge in [0.1, 0.15) is 11.5 Å². The van der Waals surface area contributed by atoms with Crippen LogP contribution < -0.4 is 9.64 Å². The summed E-state index contributed by atoms with van der Waals surface area (Å²) in [6, 6.07) is 73.8. The first-order chi connectivity index (χ1) is 30.5. The molecule has 0 unspecified atom stereocenters. The third kappa shape index (κ3) is 6.15. The molecule has 0 amide bonds. The summed E-state index contributed by atoms with van der Waals surface area (Å²) in [5.74, 6) is 1.78. The number of benzene rings is 9. The smallest absolute Gasteiger partial charge is 0.140 e. The Morgan fingerprint density at radius 1 is 0.397 bits per heavy atom. The van der Waals surface area contributed by atoms with E-state index >= 15 is 0 Å². The third-order valence-electron chi connectivity index (χ3n) is 13.5. The summed E-state index contributed by atoms with van der Waals surface area (Å²) in [6.45, 7) is 13.9. The van der Waals surface area contributed by atoms with Crippen LogP contribution in [0.25, 0.3) is 44.2 Å². The molecule has 1 aliphatic carbocycles. The van der Waals surface area contributed by atoms with Crippen LogP contribution in [0.4, 0.5) is 17.1 Å². The number of hydrogen-bond donors (Lipinski definition) is 0. The van der Waals surface area contributed by atoms with E-state index in [4.69, 9.17) is 4.74 Å². The van der Waals surface area contributed by atoms with Gasteiger partial charge in [-0.2, -0.15) is 0 Å². The highest BCUT2D eigenvalue weighted by atomic mass is 16.5. The molecule has 1 heterocycles. The van der Waals surface area contributed by atoms with Gasteiger partial charge in [-0.25, -0.2) is 0 Å². The minimum atomic E-state index is -0.620. The van der Waals surface area contributed by atoms with Gasteiger partial charge in [-0.05, 0) is 91.1 Å². The number of fused-ring (bicyclic) bond motifs is 10. The van der Waals surface area contributed by atoms with Crippen molar-refractivity contribution in [2.75, 3.05) is 4.90 Å². The molecule has 1 spiro atoms. The standard InChI is InChI=1S/C61H51NO/c1-59(2,3)43-32-36-47-48-37-33-44(60(4,5)6)39-54(48)61(53(47)38-43)51-25-13-15-29-57(51)63-58-50(24-17-26-52(58)61)49-23-12-14-27-56(49)62(55-28-16-21-42-20-10-11-22-46(42)55)45-34-30-41(31-35-45)40-18-8-7-9-19-40/h7-39H,1-6H3. The zero-order valence-electron chi connectivity index (χ0n) is 36.9. The predicted octanol–water partition coefficient (Wildman–Crippen LogP) is 16.7. The lowest BCUT2D eigenvalue weighted by Crippen LogP contribution is -2.33. The molecular formula is C61H51NO. The van der Waals surface area contributed by atoms with Crippen molar-refractivity contribution in [2.24, 2.45) is 0 Å². The van der Waals surface area contributed by atoms with Gasteiger partial charge in [-0.15, -0.1) is 0 Å². The number of para-hydroxylation sites is 3. The van der Waals surface area contributed by atoms with Crippen molar-refractivity contribution in [3.8, 4) is 44.9 Å². The predicted molar refractivity (Wildman–Crippen MR) is 264 cm³/mol. The van der Waals surface area contributed by atoms with E-state index < -0.39 is 5.41 Å². The molecule has 2 nitrogen and oxygen atoms in total. The van der Waals surface area contributed by atoms with Gasteiger partial charge in [0.15, 0.2) is 0 Å². The lowest BCUT2D eigenvalue weighted by Gasteiger charge is -2.41. The molecule has 0 radical (unpaired) electrons. The Kier molecular flexibility index (Phi) is 8.89. The number of hydrogen-bond acceptors (Lipinski definition) is 2. The van der Waals surface area contributed by atoms with E-state index in [0.717, 1.165) is 45.3 Å². The van der Waals surface area contributed by atoms with E-state index in [0.29, 0.717) is 0 Å². The van der Waals surface area contributed by atoms with E-state index in [1.807, 2.05) is 0 Å². The highest BCUT2D eigenvalue weighted by Gasteiger charge is 2.52. The van der Waals surface area contributed by atoms with Crippen LogP contribution in [0, 0.1) is 0 Å². The highest BCUT2D eigenvalue weighted by molar-refractivity contribution is 6.02. The molecule has 2 aliphatic rings. The lowest BCUT2D eigenvalue weighted by molar-refractivity contribution is 0.437. The highest BCUT2D eigenvalue weighted by Crippen LogP contribution is 2.64. The molecular weight excluding hydrogens is 763 g/mol. The van der Waals surface area contributed by atoms with Crippen LogP contribution in [-0.4, -0.2) is 0 Å². The van der Waals surface area contributed by atoms with Crippen molar-refractivity contribution in [1.29, 1.82) is 0 Å². The third-order valence-corrected chi connectivity index (χ3v) is 13.5. The fourth-order valence-corrected chi connectivity index (χ4v) is 10.3. The number of nitrogens with zero attached hydrogens (tertiary/aromatic N) is 1. The summed E-state index contributed by atoms with van der Waals surface area (Å²) >= 11 is 0. The van der Waals surface area contributed by atoms with Gasteiger partial charge in [0.25, 0.3) is 0 Å². The first kappa shape index (κ1) is 38.7. The lowest BCUT2D eigenvalue weighted by atomic mass is 9.64. The van der Waals surface area contributed by atoms with Gasteiger partial charge in [0, 0.05) is 33.3 Å². The maximum absolute atomic E-state index is 7.34. The maximum Gasteiger partial charge on any atom is 0.140 e. The van der Waals surface area contributed by atoms with Crippen LogP contribution in [-0.2, 0) is 16.2 Å². The average molecular weight is 814 g/mol. The molecule has 306 valence electrons. The molecule has 0 atom stereocenters. The molecule has 0 aromatic heterocycles. The molecule has 63 heavy (non-hydrogen) atoms. The summed E-state index contributed by atoms with van der Waals surface area (Å²) in [5.41, 5.74) is 17.3. The quantitative estimate of drug-likeness (QED) is 0.172. The summed E-state index contributed by atoms with van der Waals surface area (Å²) in [7, 11) is 0. The molecule has 0 bridgehead atoms. The van der Waals surface area contributed by atoms with Crippen LogP contribution in [0.2, 0.25) is 0 Å². The molecule has 9 aromatic rings. The Morgan fingerprint density at radius 2 is 0.937 bits per heavy atom. The second kappa shape index (κ2) is 14.5. The van der Waals surface area contributed by atoms with Gasteiger partial charge in [-0.1, -0.05) is 211 Å². The zero-order valence-corrected chi connectivity index (χ0v) is 36.9. The van der Waals surface area contributed by atoms with Crippen LogP contribution in [0.5, 0.6) is 11.5 Å². The molecule has 2 heteroatoms. The van der Waals surface area contributed by atoms with Crippen molar-refractivity contribution < 1.29 is 4.74 Å². The first-order valence-corrected chi connectivity index (χ1v) is 22.3. The van der Waals surface area contributed by atoms with Crippen molar-refractivity contribution in [2.45, 2.75) is 57.8 Å². The van der Waals surface area contributed by atoms with E-state index in [1.165, 1.54) is 60.8 Å². The second-order valence-electron chi connectivity index (χ2n) is 19.3. The minimum absolute atomic E-state index is 0.0414. The molecule has 9 aromatic carbocycles. The van der Waals surface area contributed by atoms with Crippen molar-refractivity contribution in [3.63, 3.8) is 0 Å². The van der Waals surface area contributed by atoms with Gasteiger partial charge < -0.3 is 9.64 Å². The van der Waals surface area contributed by atoms with E-state index in [-0.39, 0.29) is 10.8 Å². The minimum Gasteiger partial charge on any atom is -0.456 e. The van der Waals surface area contributed by atoms with Gasteiger partial charge >= 0.3 is 0 Å².